The van der Waals surface area contributed by atoms with Crippen LogP contribution in [0.5, 0.6) is 0 Å². The van der Waals surface area contributed by atoms with Gasteiger partial charge in [-0.15, -0.1) is 0 Å². The van der Waals surface area contributed by atoms with Crippen molar-refractivity contribution in [1.82, 2.24) is 14.9 Å². The first-order chi connectivity index (χ1) is 26.9. The number of carbonyl (C=O) groups is 3. The van der Waals surface area contributed by atoms with E-state index in [2.05, 4.69) is 46.4 Å². The molecule has 56 heavy (non-hydrogen) atoms. The van der Waals surface area contributed by atoms with Crippen LogP contribution in [0.25, 0.3) is 21.3 Å². The molecule has 2 aromatic heterocycles. The van der Waals surface area contributed by atoms with Crippen molar-refractivity contribution in [3.05, 3.63) is 106 Å². The Morgan fingerprint density at radius 2 is 1.71 bits per heavy atom. The number of anilines is 2. The molecule has 292 valence electrons. The number of thiazole rings is 1. The molecule has 0 unspecified atom stereocenters. The molecule has 0 atom stereocenters. The molecule has 2 aliphatic heterocycles. The Hall–Kier alpha value is -5.13. The fraction of sp³-hybridized carbons (Fsp3) is 0.400. The molecule has 5 aromatic rings. The minimum Gasteiger partial charge on any atom is -0.480 e. The van der Waals surface area contributed by atoms with Gasteiger partial charge in [-0.25, -0.2) is 14.8 Å². The lowest BCUT2D eigenvalue weighted by Crippen LogP contribution is -2.37. The van der Waals surface area contributed by atoms with Gasteiger partial charge < -0.3 is 14.7 Å². The molecule has 1 amide bonds. The van der Waals surface area contributed by atoms with Crippen LogP contribution >= 0.6 is 11.3 Å². The Morgan fingerprint density at radius 3 is 2.46 bits per heavy atom. The number of aryl methyl sites for hydroxylation is 2. The summed E-state index contributed by atoms with van der Waals surface area (Å²) in [5, 5.41) is 12.7. The summed E-state index contributed by atoms with van der Waals surface area (Å²) in [5.41, 5.74) is 7.10. The highest BCUT2D eigenvalue weighted by molar-refractivity contribution is 7.22. The number of unbranched alkanes of at least 4 members (excludes halogenated alkanes) is 1. The summed E-state index contributed by atoms with van der Waals surface area (Å²) >= 11 is 1.45. The molecular formula is C45H51N5O5S. The summed E-state index contributed by atoms with van der Waals surface area (Å²) < 4.78 is 6.92. The molecule has 4 heterocycles. The number of carboxylic acid groups (broad SMARTS) is 1. The number of carbonyl (C=O) groups excluding carboxylic acids is 2. The maximum absolute atomic E-state index is 13.8. The van der Waals surface area contributed by atoms with Gasteiger partial charge in [0, 0.05) is 24.2 Å². The summed E-state index contributed by atoms with van der Waals surface area (Å²) in [6, 6.07) is 24.1. The van der Waals surface area contributed by atoms with Crippen molar-refractivity contribution >= 4 is 50.3 Å². The van der Waals surface area contributed by atoms with E-state index >= 15 is 0 Å². The molecule has 3 aromatic carbocycles. The summed E-state index contributed by atoms with van der Waals surface area (Å²) in [5.74, 6) is -0.0940. The zero-order valence-electron chi connectivity index (χ0n) is 32.8. The van der Waals surface area contributed by atoms with Gasteiger partial charge in [0.1, 0.15) is 11.4 Å². The van der Waals surface area contributed by atoms with Crippen molar-refractivity contribution in [2.45, 2.75) is 84.8 Å². The van der Waals surface area contributed by atoms with Crippen LogP contribution in [0.3, 0.4) is 0 Å². The van der Waals surface area contributed by atoms with E-state index in [-0.39, 0.29) is 18.1 Å². The van der Waals surface area contributed by atoms with Gasteiger partial charge in [0.05, 0.1) is 16.8 Å². The summed E-state index contributed by atoms with van der Waals surface area (Å²) in [6.07, 6.45) is 7.27. The van der Waals surface area contributed by atoms with Crippen molar-refractivity contribution in [1.29, 1.82) is 0 Å². The average molecular weight is 774 g/mol. The summed E-state index contributed by atoms with van der Waals surface area (Å²) in [7, 11) is 0. The highest BCUT2D eigenvalue weighted by atomic mass is 32.1. The van der Waals surface area contributed by atoms with Gasteiger partial charge in [0.2, 0.25) is 0 Å². The van der Waals surface area contributed by atoms with Crippen LogP contribution < -0.4 is 10.2 Å². The lowest BCUT2D eigenvalue weighted by atomic mass is 9.90. The largest absolute Gasteiger partial charge is 0.480 e. The standard InChI is InChI=1S/C45H51N5O5S/c1-29-26-31(11-6-5-10-30-20-23-49(24-21-30)28-40(51)52)16-17-33(29)34-18-19-39(47-41(34)43(54)55-45(2,3)4)50-25-22-32-12-9-13-35(36(32)27-50)42(53)48-44-46-37-14-7-8-15-38(37)56-44/h7-9,12-19,26,30H,5-6,10-11,20-25,27-28H2,1-4H3,(H,51,52)(H,46,48,53). The molecule has 0 spiro atoms. The topological polar surface area (TPSA) is 125 Å². The van der Waals surface area contributed by atoms with Crippen LogP contribution in [0.1, 0.15) is 96.0 Å². The normalized spacial score (nSPS) is 15.1. The third-order valence-electron chi connectivity index (χ3n) is 10.8. The lowest BCUT2D eigenvalue weighted by molar-refractivity contribution is -0.138. The first-order valence-electron chi connectivity index (χ1n) is 19.7. The first kappa shape index (κ1) is 39.1. The highest BCUT2D eigenvalue weighted by Crippen LogP contribution is 2.34. The molecule has 7 rings (SSSR count). The van der Waals surface area contributed by atoms with Gasteiger partial charge >= 0.3 is 11.9 Å². The zero-order valence-corrected chi connectivity index (χ0v) is 33.6. The molecule has 11 heteroatoms. The Bertz CT molecular complexity index is 2200. The van der Waals surface area contributed by atoms with Crippen LogP contribution in [0.4, 0.5) is 10.9 Å². The summed E-state index contributed by atoms with van der Waals surface area (Å²) in [6.45, 7) is 10.7. The molecule has 0 bridgehead atoms. The Kier molecular flexibility index (Phi) is 11.8. The first-order valence-corrected chi connectivity index (χ1v) is 20.5. The van der Waals surface area contributed by atoms with Gasteiger partial charge in [-0.3, -0.25) is 19.8 Å². The van der Waals surface area contributed by atoms with E-state index in [1.165, 1.54) is 23.3 Å². The molecule has 10 nitrogen and oxygen atoms in total. The number of amides is 1. The number of hydrogen-bond donors (Lipinski definition) is 2. The number of nitrogens with one attached hydrogen (secondary N) is 1. The molecule has 2 N–H and O–H groups in total. The Labute approximate surface area is 332 Å². The van der Waals surface area contributed by atoms with Crippen molar-refractivity contribution < 1.29 is 24.2 Å². The van der Waals surface area contributed by atoms with E-state index in [4.69, 9.17) is 14.8 Å². The van der Waals surface area contributed by atoms with Crippen LogP contribution in [0.2, 0.25) is 0 Å². The number of pyridine rings is 1. The van der Waals surface area contributed by atoms with E-state index in [0.29, 0.717) is 35.5 Å². The second-order valence-corrected chi connectivity index (χ2v) is 17.2. The van der Waals surface area contributed by atoms with Crippen molar-refractivity contribution in [3.63, 3.8) is 0 Å². The van der Waals surface area contributed by atoms with Gasteiger partial charge in [-0.2, -0.15) is 0 Å². The zero-order chi connectivity index (χ0) is 39.4. The number of ether oxygens (including phenoxy) is 1. The number of hydrogen-bond acceptors (Lipinski definition) is 9. The fourth-order valence-electron chi connectivity index (χ4n) is 7.97. The van der Waals surface area contributed by atoms with Gasteiger partial charge in [0.15, 0.2) is 10.8 Å². The van der Waals surface area contributed by atoms with E-state index < -0.39 is 17.5 Å². The van der Waals surface area contributed by atoms with E-state index in [9.17, 15) is 14.4 Å². The highest BCUT2D eigenvalue weighted by Gasteiger charge is 2.28. The molecule has 1 fully saturated rings. The predicted molar refractivity (Wildman–Crippen MR) is 223 cm³/mol. The number of likely N-dealkylation sites (tertiary alicyclic amines) is 1. The number of benzene rings is 3. The molecular weight excluding hydrogens is 723 g/mol. The number of nitrogens with zero attached hydrogens (tertiary/aromatic N) is 4. The molecule has 1 saturated heterocycles. The second-order valence-electron chi connectivity index (χ2n) is 16.1. The van der Waals surface area contributed by atoms with E-state index in [1.807, 2.05) is 74.2 Å². The Balaban J connectivity index is 1.06. The maximum Gasteiger partial charge on any atom is 0.358 e. The number of carboxylic acids is 1. The van der Waals surface area contributed by atoms with Crippen molar-refractivity contribution in [2.75, 3.05) is 36.4 Å². The van der Waals surface area contributed by atoms with Crippen LogP contribution in [-0.4, -0.2) is 69.6 Å². The fourth-order valence-corrected chi connectivity index (χ4v) is 8.83. The molecule has 0 radical (unpaired) electrons. The smallest absolute Gasteiger partial charge is 0.358 e. The number of esters is 1. The quantitative estimate of drug-likeness (QED) is 0.0945. The van der Waals surface area contributed by atoms with E-state index in [0.717, 1.165) is 89.6 Å². The van der Waals surface area contributed by atoms with Gasteiger partial charge in [-0.1, -0.05) is 66.6 Å². The maximum atomic E-state index is 13.8. The summed E-state index contributed by atoms with van der Waals surface area (Å²) in [4.78, 5) is 52.3. The third-order valence-corrected chi connectivity index (χ3v) is 11.8. The van der Waals surface area contributed by atoms with Crippen molar-refractivity contribution in [3.8, 4) is 11.1 Å². The monoisotopic (exact) mass is 773 g/mol. The van der Waals surface area contributed by atoms with Gasteiger partial charge in [0.25, 0.3) is 5.91 Å². The predicted octanol–water partition coefficient (Wildman–Crippen LogP) is 8.95. The Morgan fingerprint density at radius 1 is 0.929 bits per heavy atom. The molecule has 0 aliphatic carbocycles. The van der Waals surface area contributed by atoms with Gasteiger partial charge in [-0.05, 0) is 137 Å². The second kappa shape index (κ2) is 16.9. The molecule has 2 aliphatic rings. The average Bonchev–Trinajstić information content (AvgIpc) is 3.58. The minimum absolute atomic E-state index is 0.143. The van der Waals surface area contributed by atoms with Crippen LogP contribution in [0.15, 0.2) is 72.8 Å². The number of aliphatic carboxylic acids is 1. The number of para-hydroxylation sites is 1. The SMILES string of the molecule is Cc1cc(CCCCC2CCN(CC(=O)O)CC2)ccc1-c1ccc(N2CCc3cccc(C(=O)Nc4nc5ccccc5s4)c3C2)nc1C(=O)OC(C)(C)C. The number of fused-ring (bicyclic) bond motifs is 2. The lowest BCUT2D eigenvalue weighted by Gasteiger charge is -2.31. The minimum atomic E-state index is -0.747. The number of piperidine rings is 1. The van der Waals surface area contributed by atoms with Crippen molar-refractivity contribution in [2.24, 2.45) is 5.92 Å². The van der Waals surface area contributed by atoms with Crippen LogP contribution in [-0.2, 0) is 28.9 Å². The van der Waals surface area contributed by atoms with E-state index in [1.54, 1.807) is 0 Å². The van der Waals surface area contributed by atoms with Crippen LogP contribution in [0, 0.1) is 12.8 Å². The number of rotatable bonds is 12. The molecule has 0 saturated carbocycles. The number of aromatic nitrogens is 2. The third kappa shape index (κ3) is 9.45.